The normalized spacial score (nSPS) is 19.5. The maximum Gasteiger partial charge on any atom is 0.417 e. The van der Waals surface area contributed by atoms with Gasteiger partial charge in [-0.2, -0.15) is 24.9 Å². The molecule has 6 nitrogen and oxygen atoms in total. The predicted octanol–water partition coefficient (Wildman–Crippen LogP) is 3.96. The van der Waals surface area contributed by atoms with Crippen LogP contribution in [-0.4, -0.2) is 51.0 Å². The lowest BCUT2D eigenvalue weighted by molar-refractivity contribution is -0.137. The molecule has 10 heteroatoms. The summed E-state index contributed by atoms with van der Waals surface area (Å²) in [4.78, 5) is 15.1. The van der Waals surface area contributed by atoms with E-state index >= 15 is 0 Å². The molecule has 1 fully saturated rings. The molecule has 1 aliphatic heterocycles. The molecule has 0 saturated carbocycles. The van der Waals surface area contributed by atoms with Crippen LogP contribution < -0.4 is 10.6 Å². The number of aromatic nitrogens is 4. The van der Waals surface area contributed by atoms with Gasteiger partial charge in [-0.3, -0.25) is 4.40 Å². The summed E-state index contributed by atoms with van der Waals surface area (Å²) in [5, 5.41) is 0. The fourth-order valence-corrected chi connectivity index (χ4v) is 3.55. The van der Waals surface area contributed by atoms with Crippen molar-refractivity contribution < 1.29 is 13.2 Å². The number of piperidine rings is 1. The first-order valence-corrected chi connectivity index (χ1v) is 11.1. The minimum Gasteiger partial charge on any atom is -0.355 e. The summed E-state index contributed by atoms with van der Waals surface area (Å²) in [7, 11) is 0. The van der Waals surface area contributed by atoms with E-state index in [4.69, 9.17) is 5.73 Å². The van der Waals surface area contributed by atoms with Crippen LogP contribution >= 0.6 is 11.8 Å². The summed E-state index contributed by atoms with van der Waals surface area (Å²) < 4.78 is 40.5. The fraction of sp³-hybridized carbons (Fsp3) is 0.450. The number of fused-ring (bicyclic) bond motifs is 1. The Hall–Kier alpha value is -2.33. The third kappa shape index (κ3) is 5.04. The van der Waals surface area contributed by atoms with E-state index < -0.39 is 11.7 Å². The second-order valence-corrected chi connectivity index (χ2v) is 8.26. The van der Waals surface area contributed by atoms with Crippen LogP contribution in [0.1, 0.15) is 18.9 Å². The number of pyridine rings is 1. The van der Waals surface area contributed by atoms with Gasteiger partial charge in [0.2, 0.25) is 0 Å². The molecule has 2 N–H and O–H groups in total. The van der Waals surface area contributed by atoms with Crippen LogP contribution in [0.3, 0.4) is 0 Å². The topological polar surface area (TPSA) is 72.3 Å². The average molecular weight is 439 g/mol. The molecule has 0 bridgehead atoms. The number of nitrogens with two attached hydrogens (primary N) is 1. The Bertz CT molecular complexity index is 980. The van der Waals surface area contributed by atoms with E-state index in [1.54, 1.807) is 24.0 Å². The van der Waals surface area contributed by atoms with Gasteiger partial charge in [-0.15, -0.1) is 0 Å². The smallest absolute Gasteiger partial charge is 0.355 e. The molecule has 4 rings (SSSR count). The van der Waals surface area contributed by atoms with E-state index in [0.717, 1.165) is 25.2 Å². The molecule has 1 aliphatic rings. The molecule has 1 saturated heterocycles. The van der Waals surface area contributed by atoms with Gasteiger partial charge in [0.1, 0.15) is 17.2 Å². The summed E-state index contributed by atoms with van der Waals surface area (Å²) in [5.41, 5.74) is 6.18. The Morgan fingerprint density at radius 1 is 1.13 bits per heavy atom. The van der Waals surface area contributed by atoms with Gasteiger partial charge in [0.25, 0.3) is 0 Å². The highest BCUT2D eigenvalue weighted by atomic mass is 32.2. The first-order chi connectivity index (χ1) is 14.2. The van der Waals surface area contributed by atoms with Crippen molar-refractivity contribution in [3.05, 3.63) is 42.4 Å². The second-order valence-electron chi connectivity index (χ2n) is 7.44. The Labute approximate surface area is 177 Å². The van der Waals surface area contributed by atoms with E-state index in [1.807, 2.05) is 12.5 Å². The fourth-order valence-electron chi connectivity index (χ4n) is 3.55. The summed E-state index contributed by atoms with van der Waals surface area (Å²) in [6, 6.07) is 4.21. The quantitative estimate of drug-likeness (QED) is 0.653. The molecule has 2 atom stereocenters. The number of rotatable bonds is 2. The number of hydrogen-bond acceptors (Lipinski definition) is 6. The van der Waals surface area contributed by atoms with E-state index in [0.29, 0.717) is 35.4 Å². The predicted molar refractivity (Wildman–Crippen MR) is 115 cm³/mol. The standard InChI is InChI=1S/C18H19F3N6.C2H6S/c1-11-6-13(22)10-26(8-11)16-4-5-23-17(25-16)14-7-24-15-3-2-12(9-27(14)15)18(19,20)21;1-3-2/h2-5,7,9,11,13H,6,8,10,22H2,1H3;1-2H3. The Balaban J connectivity index is 0.000000806. The number of nitrogens with zero attached hydrogens (tertiary/aromatic N) is 5. The van der Waals surface area contributed by atoms with E-state index in [-0.39, 0.29) is 6.04 Å². The maximum atomic E-state index is 13.1. The summed E-state index contributed by atoms with van der Waals surface area (Å²) in [5.74, 6) is 1.48. The molecule has 0 aromatic carbocycles. The van der Waals surface area contributed by atoms with E-state index in [1.165, 1.54) is 16.7 Å². The van der Waals surface area contributed by atoms with Crippen molar-refractivity contribution >= 4 is 23.2 Å². The van der Waals surface area contributed by atoms with Gasteiger partial charge in [-0.25, -0.2) is 15.0 Å². The molecule has 2 unspecified atom stereocenters. The highest BCUT2D eigenvalue weighted by Gasteiger charge is 2.31. The monoisotopic (exact) mass is 438 g/mol. The summed E-state index contributed by atoms with van der Waals surface area (Å²) >= 11 is 1.75. The minimum absolute atomic E-state index is 0.0670. The first-order valence-electron chi connectivity index (χ1n) is 9.51. The molecule has 30 heavy (non-hydrogen) atoms. The zero-order valence-electron chi connectivity index (χ0n) is 17.1. The number of hydrogen-bond donors (Lipinski definition) is 1. The lowest BCUT2D eigenvalue weighted by Crippen LogP contribution is -2.46. The number of halogens is 3. The molecule has 162 valence electrons. The van der Waals surface area contributed by atoms with Gasteiger partial charge < -0.3 is 10.6 Å². The first kappa shape index (κ1) is 22.4. The number of anilines is 1. The van der Waals surface area contributed by atoms with Gasteiger partial charge >= 0.3 is 6.18 Å². The van der Waals surface area contributed by atoms with Crippen LogP contribution in [0.2, 0.25) is 0 Å². The van der Waals surface area contributed by atoms with Crippen molar-refractivity contribution in [2.24, 2.45) is 11.7 Å². The summed E-state index contributed by atoms with van der Waals surface area (Å²) in [6.45, 7) is 3.65. The summed E-state index contributed by atoms with van der Waals surface area (Å²) in [6.07, 6.45) is 4.72. The molecular weight excluding hydrogens is 413 g/mol. The van der Waals surface area contributed by atoms with Gasteiger partial charge in [0.05, 0.1) is 11.8 Å². The van der Waals surface area contributed by atoms with Gasteiger partial charge in [-0.05, 0) is 43.0 Å². The van der Waals surface area contributed by atoms with Crippen molar-refractivity contribution in [3.8, 4) is 11.5 Å². The molecule has 4 heterocycles. The number of alkyl halides is 3. The van der Waals surface area contributed by atoms with Gasteiger partial charge in [0.15, 0.2) is 5.82 Å². The molecule has 3 aromatic heterocycles. The molecule has 0 amide bonds. The molecule has 0 radical (unpaired) electrons. The van der Waals surface area contributed by atoms with Crippen LogP contribution in [0.15, 0.2) is 36.8 Å². The van der Waals surface area contributed by atoms with Crippen LogP contribution in [0.25, 0.3) is 17.2 Å². The van der Waals surface area contributed by atoms with Crippen LogP contribution in [0.4, 0.5) is 19.0 Å². The Morgan fingerprint density at radius 3 is 2.53 bits per heavy atom. The zero-order chi connectivity index (χ0) is 21.9. The lowest BCUT2D eigenvalue weighted by Gasteiger charge is -2.35. The van der Waals surface area contributed by atoms with Gasteiger partial charge in [-0.1, -0.05) is 6.92 Å². The SMILES string of the molecule is CC1CC(N)CN(c2ccnc(-c3cnc4ccc(C(F)(F)F)cn34)n2)C1.CSC. The third-order valence-corrected chi connectivity index (χ3v) is 4.72. The average Bonchev–Trinajstić information content (AvgIpc) is 3.10. The molecular formula is C20H25F3N6S. The van der Waals surface area contributed by atoms with Crippen molar-refractivity contribution in [2.75, 3.05) is 30.5 Å². The van der Waals surface area contributed by atoms with Crippen LogP contribution in [0, 0.1) is 5.92 Å². The highest BCUT2D eigenvalue weighted by molar-refractivity contribution is 7.97. The van der Waals surface area contributed by atoms with Crippen molar-refractivity contribution in [2.45, 2.75) is 25.6 Å². The molecule has 0 aliphatic carbocycles. The van der Waals surface area contributed by atoms with Crippen LogP contribution in [0.5, 0.6) is 0 Å². The van der Waals surface area contributed by atoms with Crippen molar-refractivity contribution in [3.63, 3.8) is 0 Å². The van der Waals surface area contributed by atoms with E-state index in [2.05, 4.69) is 26.8 Å². The largest absolute Gasteiger partial charge is 0.417 e. The Morgan fingerprint density at radius 2 is 1.87 bits per heavy atom. The van der Waals surface area contributed by atoms with E-state index in [9.17, 15) is 13.2 Å². The second kappa shape index (κ2) is 9.22. The van der Waals surface area contributed by atoms with Gasteiger partial charge in [0, 0.05) is 31.5 Å². The third-order valence-electron chi connectivity index (χ3n) is 4.72. The van der Waals surface area contributed by atoms with Crippen molar-refractivity contribution in [1.82, 2.24) is 19.4 Å². The van der Waals surface area contributed by atoms with Crippen molar-refractivity contribution in [1.29, 1.82) is 0 Å². The minimum atomic E-state index is -4.43. The zero-order valence-corrected chi connectivity index (χ0v) is 17.9. The molecule has 0 spiro atoms. The highest BCUT2D eigenvalue weighted by Crippen LogP contribution is 2.30. The molecule has 3 aromatic rings. The van der Waals surface area contributed by atoms with Crippen LogP contribution in [-0.2, 0) is 6.18 Å². The Kier molecular flexibility index (Phi) is 6.87. The number of thioether (sulfide) groups is 1. The lowest BCUT2D eigenvalue weighted by atomic mass is 9.97. The number of imidazole rings is 1. The maximum absolute atomic E-state index is 13.1.